The van der Waals surface area contributed by atoms with E-state index in [9.17, 15) is 9.90 Å². The number of amides is 1. The number of aromatic hydroxyl groups is 1. The predicted octanol–water partition coefficient (Wildman–Crippen LogP) is 1.95. The van der Waals surface area contributed by atoms with Crippen molar-refractivity contribution in [2.24, 2.45) is 0 Å². The molecule has 1 aliphatic heterocycles. The number of carbonyl (C=O) groups excluding carboxylic acids is 1. The number of phenols is 1. The summed E-state index contributed by atoms with van der Waals surface area (Å²) in [5.41, 5.74) is 1.39. The number of rotatable bonds is 4. The standard InChI is InChI=1S/C16H20N4O3/c1-9(2)14-18-13-15(19-14)20(8-17-16(13)22)7-10-4-5-12(23-3)11(21)6-10/h4-6,9,21H,7-8H2,1-3H3,(H,17,22)(H,18,19). The van der Waals surface area contributed by atoms with E-state index in [0.29, 0.717) is 30.5 Å². The third-order valence-corrected chi connectivity index (χ3v) is 3.82. The number of hydrogen-bond acceptors (Lipinski definition) is 5. The summed E-state index contributed by atoms with van der Waals surface area (Å²) in [5, 5.41) is 12.7. The minimum absolute atomic E-state index is 0.0937. The Kier molecular flexibility index (Phi) is 3.85. The van der Waals surface area contributed by atoms with Gasteiger partial charge in [-0.15, -0.1) is 0 Å². The van der Waals surface area contributed by atoms with Crippen molar-refractivity contribution in [3.05, 3.63) is 35.3 Å². The molecular weight excluding hydrogens is 296 g/mol. The Hall–Kier alpha value is -2.70. The van der Waals surface area contributed by atoms with Gasteiger partial charge in [0.2, 0.25) is 0 Å². The number of nitrogens with zero attached hydrogens (tertiary/aromatic N) is 2. The normalized spacial score (nSPS) is 13.9. The van der Waals surface area contributed by atoms with Crippen molar-refractivity contribution in [3.63, 3.8) is 0 Å². The van der Waals surface area contributed by atoms with Crippen LogP contribution in [0.3, 0.4) is 0 Å². The van der Waals surface area contributed by atoms with Gasteiger partial charge in [-0.3, -0.25) is 4.79 Å². The number of fused-ring (bicyclic) bond motifs is 1. The van der Waals surface area contributed by atoms with E-state index in [4.69, 9.17) is 4.74 Å². The highest BCUT2D eigenvalue weighted by molar-refractivity contribution is 5.98. The summed E-state index contributed by atoms with van der Waals surface area (Å²) in [6.07, 6.45) is 0. The fourth-order valence-electron chi connectivity index (χ4n) is 2.56. The molecule has 0 bridgehead atoms. The number of hydrogen-bond donors (Lipinski definition) is 3. The van der Waals surface area contributed by atoms with E-state index in [-0.39, 0.29) is 17.6 Å². The SMILES string of the molecule is COc1ccc(CN2CNC(=O)c3[nH]c(C(C)C)nc32)cc1O. The van der Waals surface area contributed by atoms with Crippen LogP contribution in [-0.2, 0) is 6.54 Å². The number of aromatic nitrogens is 2. The van der Waals surface area contributed by atoms with Gasteiger partial charge in [-0.05, 0) is 17.7 Å². The van der Waals surface area contributed by atoms with Crippen LogP contribution in [-0.4, -0.2) is 34.8 Å². The summed E-state index contributed by atoms with van der Waals surface area (Å²) < 4.78 is 5.05. The summed E-state index contributed by atoms with van der Waals surface area (Å²) in [7, 11) is 1.51. The Morgan fingerprint density at radius 1 is 1.43 bits per heavy atom. The number of benzene rings is 1. The second-order valence-corrected chi connectivity index (χ2v) is 5.84. The molecule has 7 nitrogen and oxygen atoms in total. The van der Waals surface area contributed by atoms with E-state index in [1.165, 1.54) is 7.11 Å². The molecule has 1 amide bonds. The molecule has 0 spiro atoms. The van der Waals surface area contributed by atoms with E-state index in [1.54, 1.807) is 12.1 Å². The van der Waals surface area contributed by atoms with Gasteiger partial charge >= 0.3 is 0 Å². The van der Waals surface area contributed by atoms with E-state index < -0.39 is 0 Å². The number of methoxy groups -OCH3 is 1. The number of imidazole rings is 1. The minimum atomic E-state index is -0.145. The average molecular weight is 316 g/mol. The first-order valence-corrected chi connectivity index (χ1v) is 7.48. The van der Waals surface area contributed by atoms with Gasteiger partial charge in [-0.1, -0.05) is 19.9 Å². The van der Waals surface area contributed by atoms with Crippen molar-refractivity contribution in [2.45, 2.75) is 26.3 Å². The Morgan fingerprint density at radius 3 is 2.87 bits per heavy atom. The van der Waals surface area contributed by atoms with Gasteiger partial charge in [0.05, 0.1) is 13.8 Å². The fourth-order valence-corrected chi connectivity index (χ4v) is 2.56. The van der Waals surface area contributed by atoms with Crippen LogP contribution in [0.1, 0.15) is 41.6 Å². The molecule has 7 heteroatoms. The van der Waals surface area contributed by atoms with Gasteiger partial charge in [0.15, 0.2) is 17.3 Å². The zero-order valence-electron chi connectivity index (χ0n) is 13.4. The third kappa shape index (κ3) is 2.81. The number of carbonyl (C=O) groups is 1. The predicted molar refractivity (Wildman–Crippen MR) is 85.9 cm³/mol. The van der Waals surface area contributed by atoms with E-state index >= 15 is 0 Å². The maximum Gasteiger partial charge on any atom is 0.272 e. The second-order valence-electron chi connectivity index (χ2n) is 5.84. The lowest BCUT2D eigenvalue weighted by atomic mass is 10.2. The molecule has 0 unspecified atom stereocenters. The van der Waals surface area contributed by atoms with Crippen LogP contribution in [0.5, 0.6) is 11.5 Å². The van der Waals surface area contributed by atoms with Crippen LogP contribution in [0.2, 0.25) is 0 Å². The molecule has 0 radical (unpaired) electrons. The molecule has 1 aromatic carbocycles. The molecule has 2 heterocycles. The second kappa shape index (κ2) is 5.83. The maximum absolute atomic E-state index is 12.0. The number of nitrogens with one attached hydrogen (secondary N) is 2. The van der Waals surface area contributed by atoms with Gasteiger partial charge in [0.1, 0.15) is 11.5 Å². The molecule has 23 heavy (non-hydrogen) atoms. The van der Waals surface area contributed by atoms with Crippen molar-refractivity contribution < 1.29 is 14.6 Å². The molecule has 0 fully saturated rings. The van der Waals surface area contributed by atoms with Crippen molar-refractivity contribution in [1.82, 2.24) is 15.3 Å². The minimum Gasteiger partial charge on any atom is -0.504 e. The topological polar surface area (TPSA) is 90.5 Å². The van der Waals surface area contributed by atoms with Crippen molar-refractivity contribution in [2.75, 3.05) is 18.7 Å². The third-order valence-electron chi connectivity index (χ3n) is 3.82. The summed E-state index contributed by atoms with van der Waals surface area (Å²) in [6.45, 7) is 4.94. The number of phenolic OH excluding ortho intramolecular Hbond substituents is 1. The highest BCUT2D eigenvalue weighted by Gasteiger charge is 2.27. The van der Waals surface area contributed by atoms with Crippen LogP contribution in [0.25, 0.3) is 0 Å². The van der Waals surface area contributed by atoms with Gasteiger partial charge < -0.3 is 25.0 Å². The molecule has 0 atom stereocenters. The highest BCUT2D eigenvalue weighted by Crippen LogP contribution is 2.29. The molecule has 3 N–H and O–H groups in total. The van der Waals surface area contributed by atoms with Crippen LogP contribution >= 0.6 is 0 Å². The van der Waals surface area contributed by atoms with Crippen LogP contribution in [0.15, 0.2) is 18.2 Å². The van der Waals surface area contributed by atoms with Crippen LogP contribution in [0, 0.1) is 0 Å². The van der Waals surface area contributed by atoms with Crippen LogP contribution < -0.4 is 15.0 Å². The van der Waals surface area contributed by atoms with E-state index in [1.807, 2.05) is 24.8 Å². The smallest absolute Gasteiger partial charge is 0.272 e. The van der Waals surface area contributed by atoms with Gasteiger partial charge in [-0.2, -0.15) is 0 Å². The monoisotopic (exact) mass is 316 g/mol. The lowest BCUT2D eigenvalue weighted by molar-refractivity contribution is 0.0942. The highest BCUT2D eigenvalue weighted by atomic mass is 16.5. The molecule has 0 saturated heterocycles. The molecule has 0 aliphatic carbocycles. The van der Waals surface area contributed by atoms with Gasteiger partial charge in [0.25, 0.3) is 5.91 Å². The van der Waals surface area contributed by atoms with Crippen LogP contribution in [0.4, 0.5) is 5.82 Å². The number of aromatic amines is 1. The number of H-pyrrole nitrogens is 1. The number of anilines is 1. The van der Waals surface area contributed by atoms with Crippen molar-refractivity contribution in [1.29, 1.82) is 0 Å². The fraction of sp³-hybridized carbons (Fsp3) is 0.375. The summed E-state index contributed by atoms with van der Waals surface area (Å²) in [4.78, 5) is 21.6. The summed E-state index contributed by atoms with van der Waals surface area (Å²) in [6, 6.07) is 5.26. The Balaban J connectivity index is 1.89. The summed E-state index contributed by atoms with van der Waals surface area (Å²) in [5.74, 6) is 2.02. The van der Waals surface area contributed by atoms with E-state index in [0.717, 1.165) is 11.4 Å². The number of ether oxygens (including phenoxy) is 1. The zero-order chi connectivity index (χ0) is 16.6. The Morgan fingerprint density at radius 2 is 2.22 bits per heavy atom. The summed E-state index contributed by atoms with van der Waals surface area (Å²) >= 11 is 0. The molecule has 1 aromatic heterocycles. The van der Waals surface area contributed by atoms with E-state index in [2.05, 4.69) is 15.3 Å². The first kappa shape index (κ1) is 15.2. The van der Waals surface area contributed by atoms with Gasteiger partial charge in [0, 0.05) is 12.5 Å². The average Bonchev–Trinajstić information content (AvgIpc) is 2.97. The molecule has 122 valence electrons. The van der Waals surface area contributed by atoms with Crippen molar-refractivity contribution >= 4 is 11.7 Å². The zero-order valence-corrected chi connectivity index (χ0v) is 13.4. The van der Waals surface area contributed by atoms with Crippen molar-refractivity contribution in [3.8, 4) is 11.5 Å². The largest absolute Gasteiger partial charge is 0.504 e. The molecule has 3 rings (SSSR count). The Labute approximate surface area is 134 Å². The molecule has 2 aromatic rings. The molecule has 0 saturated carbocycles. The molecule has 1 aliphatic rings. The first-order valence-electron chi connectivity index (χ1n) is 7.48. The Bertz CT molecular complexity index is 739. The quantitative estimate of drug-likeness (QED) is 0.802. The first-order chi connectivity index (χ1) is 11.0. The lowest BCUT2D eigenvalue weighted by Crippen LogP contribution is -2.43. The van der Waals surface area contributed by atoms with Gasteiger partial charge in [-0.25, -0.2) is 4.98 Å². The lowest BCUT2D eigenvalue weighted by Gasteiger charge is -2.27. The molecular formula is C16H20N4O3. The maximum atomic E-state index is 12.0.